The SMILES string of the molecule is CC1CC[C@@H](n2nc(Cl)c3ccccc32)[C@H](O)C1. The molecule has 0 saturated heterocycles. The van der Waals surface area contributed by atoms with Gasteiger partial charge in [-0.15, -0.1) is 0 Å². The van der Waals surface area contributed by atoms with Crippen LogP contribution in [0.5, 0.6) is 0 Å². The summed E-state index contributed by atoms with van der Waals surface area (Å²) in [6.45, 7) is 2.19. The number of aliphatic hydroxyl groups is 1. The normalized spacial score (nSPS) is 28.7. The van der Waals surface area contributed by atoms with Crippen molar-refractivity contribution in [2.45, 2.75) is 38.3 Å². The van der Waals surface area contributed by atoms with Crippen LogP contribution in [0.15, 0.2) is 24.3 Å². The summed E-state index contributed by atoms with van der Waals surface area (Å²) in [6.07, 6.45) is 2.61. The molecule has 18 heavy (non-hydrogen) atoms. The van der Waals surface area contributed by atoms with Gasteiger partial charge in [0.1, 0.15) is 0 Å². The zero-order chi connectivity index (χ0) is 12.7. The van der Waals surface area contributed by atoms with Crippen molar-refractivity contribution in [3.8, 4) is 0 Å². The van der Waals surface area contributed by atoms with Crippen molar-refractivity contribution < 1.29 is 5.11 Å². The Bertz CT molecular complexity index is 566. The number of nitrogens with zero attached hydrogens (tertiary/aromatic N) is 2. The second-order valence-corrected chi connectivity index (χ2v) is 5.66. The summed E-state index contributed by atoms with van der Waals surface area (Å²) in [7, 11) is 0. The fourth-order valence-electron chi connectivity index (χ4n) is 2.92. The minimum absolute atomic E-state index is 0.0543. The smallest absolute Gasteiger partial charge is 0.158 e. The maximum Gasteiger partial charge on any atom is 0.158 e. The molecule has 0 aliphatic heterocycles. The van der Waals surface area contributed by atoms with E-state index in [0.29, 0.717) is 11.1 Å². The molecule has 0 spiro atoms. The average molecular weight is 265 g/mol. The van der Waals surface area contributed by atoms with Crippen LogP contribution in [0.25, 0.3) is 10.9 Å². The van der Waals surface area contributed by atoms with E-state index in [9.17, 15) is 5.11 Å². The van der Waals surface area contributed by atoms with Gasteiger partial charge in [-0.2, -0.15) is 5.10 Å². The van der Waals surface area contributed by atoms with E-state index in [1.807, 2.05) is 28.9 Å². The highest BCUT2D eigenvalue weighted by Crippen LogP contribution is 2.35. The standard InChI is InChI=1S/C14H17ClN2O/c1-9-6-7-12(13(18)8-9)17-11-5-3-2-4-10(11)14(15)16-17/h2-5,9,12-13,18H,6-8H2,1H3/t9?,12-,13-/m1/s1. The van der Waals surface area contributed by atoms with Crippen molar-refractivity contribution >= 4 is 22.5 Å². The predicted molar refractivity (Wildman–Crippen MR) is 72.8 cm³/mol. The van der Waals surface area contributed by atoms with E-state index >= 15 is 0 Å². The van der Waals surface area contributed by atoms with Crippen LogP contribution >= 0.6 is 11.6 Å². The molecule has 4 heteroatoms. The number of fused-ring (bicyclic) bond motifs is 1. The van der Waals surface area contributed by atoms with Gasteiger partial charge in [0, 0.05) is 5.39 Å². The highest BCUT2D eigenvalue weighted by atomic mass is 35.5. The van der Waals surface area contributed by atoms with Crippen LogP contribution in [-0.2, 0) is 0 Å². The molecular formula is C14H17ClN2O. The molecule has 1 fully saturated rings. The topological polar surface area (TPSA) is 38.0 Å². The van der Waals surface area contributed by atoms with Crippen LogP contribution < -0.4 is 0 Å². The maximum atomic E-state index is 10.3. The van der Waals surface area contributed by atoms with Gasteiger partial charge in [0.05, 0.1) is 17.7 Å². The summed E-state index contributed by atoms with van der Waals surface area (Å²) in [5.41, 5.74) is 1.01. The minimum atomic E-state index is -0.326. The highest BCUT2D eigenvalue weighted by molar-refractivity contribution is 6.34. The zero-order valence-corrected chi connectivity index (χ0v) is 11.1. The monoisotopic (exact) mass is 264 g/mol. The molecule has 1 unspecified atom stereocenters. The summed E-state index contributed by atoms with van der Waals surface area (Å²) in [6, 6.07) is 7.98. The van der Waals surface area contributed by atoms with Crippen LogP contribution in [0.2, 0.25) is 5.15 Å². The van der Waals surface area contributed by atoms with Gasteiger partial charge in [0.15, 0.2) is 5.15 Å². The second-order valence-electron chi connectivity index (χ2n) is 5.31. The van der Waals surface area contributed by atoms with Crippen molar-refractivity contribution in [1.29, 1.82) is 0 Å². The van der Waals surface area contributed by atoms with Crippen LogP contribution in [0, 0.1) is 5.92 Å². The third-order valence-corrected chi connectivity index (χ3v) is 4.21. The van der Waals surface area contributed by atoms with E-state index in [2.05, 4.69) is 12.0 Å². The third kappa shape index (κ3) is 1.91. The molecule has 3 nitrogen and oxygen atoms in total. The fourth-order valence-corrected chi connectivity index (χ4v) is 3.16. The molecule has 1 N–H and O–H groups in total. The van der Waals surface area contributed by atoms with Gasteiger partial charge in [0.2, 0.25) is 0 Å². The Hall–Kier alpha value is -1.06. The Balaban J connectivity index is 2.04. The lowest BCUT2D eigenvalue weighted by Gasteiger charge is -2.31. The summed E-state index contributed by atoms with van der Waals surface area (Å²) in [4.78, 5) is 0. The van der Waals surface area contributed by atoms with Crippen molar-refractivity contribution in [3.05, 3.63) is 29.4 Å². The summed E-state index contributed by atoms with van der Waals surface area (Å²) in [5, 5.41) is 16.2. The number of aliphatic hydroxyl groups excluding tert-OH is 1. The summed E-state index contributed by atoms with van der Waals surface area (Å²) < 4.78 is 1.91. The van der Waals surface area contributed by atoms with Crippen LogP contribution in [0.1, 0.15) is 32.2 Å². The first-order chi connectivity index (χ1) is 8.66. The van der Waals surface area contributed by atoms with Crippen LogP contribution in [0.3, 0.4) is 0 Å². The first kappa shape index (κ1) is 12.0. The van der Waals surface area contributed by atoms with Gasteiger partial charge >= 0.3 is 0 Å². The molecule has 1 saturated carbocycles. The molecule has 1 heterocycles. The molecule has 0 bridgehead atoms. The molecule has 0 radical (unpaired) electrons. The number of rotatable bonds is 1. The van der Waals surface area contributed by atoms with E-state index in [0.717, 1.165) is 30.2 Å². The van der Waals surface area contributed by atoms with Crippen molar-refractivity contribution in [2.24, 2.45) is 5.92 Å². The van der Waals surface area contributed by atoms with Crippen molar-refractivity contribution in [1.82, 2.24) is 9.78 Å². The number of benzene rings is 1. The molecule has 3 rings (SSSR count). The van der Waals surface area contributed by atoms with E-state index in [1.165, 1.54) is 0 Å². The first-order valence-electron chi connectivity index (χ1n) is 6.47. The number of aromatic nitrogens is 2. The quantitative estimate of drug-likeness (QED) is 0.857. The van der Waals surface area contributed by atoms with Crippen molar-refractivity contribution in [2.75, 3.05) is 0 Å². The average Bonchev–Trinajstić information content (AvgIpc) is 2.68. The van der Waals surface area contributed by atoms with Gasteiger partial charge in [-0.3, -0.25) is 4.68 Å². The van der Waals surface area contributed by atoms with Gasteiger partial charge in [0.25, 0.3) is 0 Å². The van der Waals surface area contributed by atoms with E-state index in [1.54, 1.807) is 0 Å². The van der Waals surface area contributed by atoms with E-state index in [-0.39, 0.29) is 12.1 Å². The van der Waals surface area contributed by atoms with Crippen molar-refractivity contribution in [3.63, 3.8) is 0 Å². The second kappa shape index (κ2) is 4.56. The summed E-state index contributed by atoms with van der Waals surface area (Å²) in [5.74, 6) is 0.591. The molecule has 2 aromatic rings. The largest absolute Gasteiger partial charge is 0.391 e. The highest BCUT2D eigenvalue weighted by Gasteiger charge is 2.30. The van der Waals surface area contributed by atoms with Gasteiger partial charge in [-0.1, -0.05) is 30.7 Å². The number of para-hydroxylation sites is 1. The number of hydrogen-bond donors (Lipinski definition) is 1. The van der Waals surface area contributed by atoms with Crippen LogP contribution in [-0.4, -0.2) is 21.0 Å². The molecule has 1 aromatic heterocycles. The van der Waals surface area contributed by atoms with Crippen LogP contribution in [0.4, 0.5) is 0 Å². The molecule has 1 aliphatic rings. The lowest BCUT2D eigenvalue weighted by molar-refractivity contribution is 0.0512. The number of hydrogen-bond acceptors (Lipinski definition) is 2. The van der Waals surface area contributed by atoms with Gasteiger partial charge < -0.3 is 5.11 Å². The Morgan fingerprint density at radius 2 is 2.11 bits per heavy atom. The Kier molecular flexibility index (Phi) is 3.04. The Morgan fingerprint density at radius 1 is 1.33 bits per heavy atom. The minimum Gasteiger partial charge on any atom is -0.391 e. The lowest BCUT2D eigenvalue weighted by atomic mass is 9.85. The molecular weight excluding hydrogens is 248 g/mol. The predicted octanol–water partition coefficient (Wildman–Crippen LogP) is 3.41. The van der Waals surface area contributed by atoms with E-state index < -0.39 is 0 Å². The van der Waals surface area contributed by atoms with E-state index in [4.69, 9.17) is 11.6 Å². The molecule has 3 atom stereocenters. The molecule has 0 amide bonds. The Morgan fingerprint density at radius 3 is 2.89 bits per heavy atom. The van der Waals surface area contributed by atoms with Gasteiger partial charge in [-0.05, 0) is 37.3 Å². The third-order valence-electron chi connectivity index (χ3n) is 3.93. The molecule has 1 aliphatic carbocycles. The fraction of sp³-hybridized carbons (Fsp3) is 0.500. The lowest BCUT2D eigenvalue weighted by Crippen LogP contribution is -2.31. The number of halogens is 1. The zero-order valence-electron chi connectivity index (χ0n) is 10.4. The van der Waals surface area contributed by atoms with Gasteiger partial charge in [-0.25, -0.2) is 0 Å². The molecule has 1 aromatic carbocycles. The Labute approximate surface area is 111 Å². The molecule has 96 valence electrons. The maximum absolute atomic E-state index is 10.3. The first-order valence-corrected chi connectivity index (χ1v) is 6.85. The summed E-state index contributed by atoms with van der Waals surface area (Å²) >= 11 is 6.16.